The minimum absolute atomic E-state index is 0.396. The molecule has 1 aliphatic heterocycles. The van der Waals surface area contributed by atoms with Gasteiger partial charge in [0.15, 0.2) is 0 Å². The molecule has 1 heterocycles. The van der Waals surface area contributed by atoms with Crippen molar-refractivity contribution in [2.45, 2.75) is 37.5 Å². The molecule has 0 saturated heterocycles. The number of hydrogen-bond acceptors (Lipinski definition) is 2. The summed E-state index contributed by atoms with van der Waals surface area (Å²) < 4.78 is 0. The molecule has 1 aromatic rings. The smallest absolute Gasteiger partial charge is 0.0301 e. The fourth-order valence-corrected chi connectivity index (χ4v) is 7.27. The Bertz CT molecular complexity index is 505. The Morgan fingerprint density at radius 2 is 1.84 bits per heavy atom. The van der Waals surface area contributed by atoms with Crippen LogP contribution in [0.15, 0.2) is 40.1 Å². The predicted octanol–water partition coefficient (Wildman–Crippen LogP) is 5.21. The molecule has 0 bridgehead atoms. The van der Waals surface area contributed by atoms with Gasteiger partial charge in [0.1, 0.15) is 0 Å². The average Bonchev–Trinajstić information content (AvgIpc) is 2.84. The van der Waals surface area contributed by atoms with Gasteiger partial charge in [-0.3, -0.25) is 0 Å². The van der Waals surface area contributed by atoms with Crippen molar-refractivity contribution in [2.75, 3.05) is 11.5 Å². The van der Waals surface area contributed by atoms with Gasteiger partial charge in [-0.1, -0.05) is 43.2 Å². The summed E-state index contributed by atoms with van der Waals surface area (Å²) in [6.45, 7) is 0. The molecular weight excluding hydrogens is 268 g/mol. The van der Waals surface area contributed by atoms with Crippen molar-refractivity contribution in [1.82, 2.24) is 0 Å². The summed E-state index contributed by atoms with van der Waals surface area (Å²) in [5.41, 5.74) is 1.99. The first-order chi connectivity index (χ1) is 9.41. The van der Waals surface area contributed by atoms with Crippen molar-refractivity contribution in [3.05, 3.63) is 45.7 Å². The maximum Gasteiger partial charge on any atom is 0.0301 e. The molecule has 2 aliphatic carbocycles. The number of benzene rings is 1. The van der Waals surface area contributed by atoms with Crippen molar-refractivity contribution in [3.63, 3.8) is 0 Å². The van der Waals surface area contributed by atoms with Gasteiger partial charge in [0.25, 0.3) is 0 Å². The van der Waals surface area contributed by atoms with Crippen LogP contribution >= 0.6 is 23.5 Å². The molecule has 0 radical (unpaired) electrons. The third-order valence-electron chi connectivity index (χ3n) is 5.06. The van der Waals surface area contributed by atoms with Crippen LogP contribution in [0, 0.1) is 5.92 Å². The second kappa shape index (κ2) is 4.89. The normalized spacial score (nSPS) is 34.0. The third-order valence-corrected chi connectivity index (χ3v) is 7.88. The first-order valence-corrected chi connectivity index (χ1v) is 9.43. The van der Waals surface area contributed by atoms with Gasteiger partial charge in [0.05, 0.1) is 0 Å². The van der Waals surface area contributed by atoms with Crippen LogP contribution in [-0.4, -0.2) is 11.5 Å². The minimum atomic E-state index is 0.396. The fraction of sp³-hybridized carbons (Fsp3) is 0.529. The van der Waals surface area contributed by atoms with Gasteiger partial charge in [-0.15, -0.1) is 23.5 Å². The van der Waals surface area contributed by atoms with Crippen LogP contribution in [0.2, 0.25) is 0 Å². The van der Waals surface area contributed by atoms with Crippen LogP contribution in [0.4, 0.5) is 0 Å². The molecule has 19 heavy (non-hydrogen) atoms. The van der Waals surface area contributed by atoms with Crippen LogP contribution in [0.25, 0.3) is 0 Å². The van der Waals surface area contributed by atoms with Crippen molar-refractivity contribution in [2.24, 2.45) is 5.92 Å². The summed E-state index contributed by atoms with van der Waals surface area (Å²) in [5.74, 6) is 3.51. The molecule has 2 atom stereocenters. The molecule has 0 N–H and O–H groups in total. The van der Waals surface area contributed by atoms with Crippen LogP contribution in [0.5, 0.6) is 0 Å². The summed E-state index contributed by atoms with van der Waals surface area (Å²) in [7, 11) is 0. The van der Waals surface area contributed by atoms with Crippen molar-refractivity contribution in [1.29, 1.82) is 0 Å². The quantitative estimate of drug-likeness (QED) is 0.695. The SMILES string of the molecule is c1ccc([C@@]23CCCC[C@@H]2CC2=C3SCCS2)cc1. The molecule has 2 heteroatoms. The van der Waals surface area contributed by atoms with E-state index in [-0.39, 0.29) is 0 Å². The molecule has 0 aromatic heterocycles. The second-order valence-electron chi connectivity index (χ2n) is 5.93. The zero-order valence-electron chi connectivity index (χ0n) is 11.2. The third kappa shape index (κ3) is 1.83. The number of fused-ring (bicyclic) bond motifs is 2. The van der Waals surface area contributed by atoms with Gasteiger partial charge >= 0.3 is 0 Å². The zero-order valence-corrected chi connectivity index (χ0v) is 12.9. The lowest BCUT2D eigenvalue weighted by atomic mass is 9.64. The average molecular weight is 288 g/mol. The van der Waals surface area contributed by atoms with E-state index in [0.717, 1.165) is 5.92 Å². The van der Waals surface area contributed by atoms with E-state index >= 15 is 0 Å². The highest BCUT2D eigenvalue weighted by molar-refractivity contribution is 8.10. The maximum absolute atomic E-state index is 2.38. The Morgan fingerprint density at radius 3 is 2.74 bits per heavy atom. The van der Waals surface area contributed by atoms with Crippen molar-refractivity contribution >= 4 is 23.5 Å². The molecule has 100 valence electrons. The summed E-state index contributed by atoms with van der Waals surface area (Å²) in [6.07, 6.45) is 7.03. The van der Waals surface area contributed by atoms with Gasteiger partial charge in [-0.25, -0.2) is 0 Å². The van der Waals surface area contributed by atoms with Crippen LogP contribution in [0.3, 0.4) is 0 Å². The maximum atomic E-state index is 2.38. The van der Waals surface area contributed by atoms with Crippen LogP contribution in [0.1, 0.15) is 37.7 Å². The molecule has 0 spiro atoms. The largest absolute Gasteiger partial charge is 0.129 e. The standard InChI is InChI=1S/C17H20S2/c1-2-6-13(7-3-1)17-9-5-4-8-14(17)12-15-16(17)19-11-10-18-15/h1-3,6-7,14H,4-5,8-12H2/t14-,17+/m1/s1. The minimum Gasteiger partial charge on any atom is -0.129 e. The number of hydrogen-bond donors (Lipinski definition) is 0. The van der Waals surface area contributed by atoms with E-state index in [4.69, 9.17) is 0 Å². The zero-order chi connectivity index (χ0) is 12.7. The van der Waals surface area contributed by atoms with E-state index in [1.807, 2.05) is 0 Å². The summed E-state index contributed by atoms with van der Waals surface area (Å²) in [4.78, 5) is 3.51. The van der Waals surface area contributed by atoms with Gasteiger partial charge < -0.3 is 0 Å². The van der Waals surface area contributed by atoms with Gasteiger partial charge in [0, 0.05) is 21.8 Å². The van der Waals surface area contributed by atoms with E-state index in [1.165, 1.54) is 43.6 Å². The topological polar surface area (TPSA) is 0 Å². The van der Waals surface area contributed by atoms with Gasteiger partial charge in [-0.05, 0) is 35.6 Å². The van der Waals surface area contributed by atoms with E-state index in [2.05, 4.69) is 53.9 Å². The molecule has 0 nitrogen and oxygen atoms in total. The van der Waals surface area contributed by atoms with Gasteiger partial charge in [-0.2, -0.15) is 0 Å². The Hall–Kier alpha value is -0.340. The van der Waals surface area contributed by atoms with E-state index in [9.17, 15) is 0 Å². The van der Waals surface area contributed by atoms with Crippen LogP contribution < -0.4 is 0 Å². The first kappa shape index (κ1) is 12.4. The molecule has 3 aliphatic rings. The molecular formula is C17H20S2. The lowest BCUT2D eigenvalue weighted by Crippen LogP contribution is -2.36. The molecule has 0 amide bonds. The predicted molar refractivity (Wildman–Crippen MR) is 86.6 cm³/mol. The summed E-state index contributed by atoms with van der Waals surface area (Å²) in [5, 5.41) is 0. The Morgan fingerprint density at radius 1 is 1.00 bits per heavy atom. The number of allylic oxidation sites excluding steroid dienone is 2. The Kier molecular flexibility index (Phi) is 3.19. The highest BCUT2D eigenvalue weighted by Crippen LogP contribution is 2.62. The molecule has 4 rings (SSSR count). The lowest BCUT2D eigenvalue weighted by molar-refractivity contribution is 0.249. The first-order valence-electron chi connectivity index (χ1n) is 7.46. The van der Waals surface area contributed by atoms with E-state index in [1.54, 1.807) is 15.4 Å². The van der Waals surface area contributed by atoms with Crippen LogP contribution in [-0.2, 0) is 5.41 Å². The van der Waals surface area contributed by atoms with E-state index in [0.29, 0.717) is 5.41 Å². The van der Waals surface area contributed by atoms with E-state index < -0.39 is 0 Å². The molecule has 1 aromatic carbocycles. The van der Waals surface area contributed by atoms with Gasteiger partial charge in [0.2, 0.25) is 0 Å². The lowest BCUT2D eigenvalue weighted by Gasteiger charge is -2.42. The fourth-order valence-electron chi connectivity index (χ4n) is 4.27. The summed E-state index contributed by atoms with van der Waals surface area (Å²) >= 11 is 4.32. The second-order valence-corrected chi connectivity index (χ2v) is 8.23. The van der Waals surface area contributed by atoms with Crippen molar-refractivity contribution in [3.8, 4) is 0 Å². The Labute approximate surface area is 124 Å². The Balaban J connectivity index is 1.86. The monoisotopic (exact) mass is 288 g/mol. The molecule has 1 fully saturated rings. The highest BCUT2D eigenvalue weighted by atomic mass is 32.2. The highest BCUT2D eigenvalue weighted by Gasteiger charge is 2.51. The molecule has 0 unspecified atom stereocenters. The number of rotatable bonds is 1. The summed E-state index contributed by atoms with van der Waals surface area (Å²) in [6, 6.07) is 11.4. The molecule has 1 saturated carbocycles. The van der Waals surface area contributed by atoms with Crippen molar-refractivity contribution < 1.29 is 0 Å². The number of thioether (sulfide) groups is 2.